The van der Waals surface area contributed by atoms with Gasteiger partial charge < -0.3 is 24.0 Å². The zero-order chi connectivity index (χ0) is 20.8. The van der Waals surface area contributed by atoms with E-state index in [2.05, 4.69) is 9.97 Å². The van der Waals surface area contributed by atoms with Gasteiger partial charge in [0.2, 0.25) is 0 Å². The number of hydrogen-bond donors (Lipinski definition) is 3. The predicted octanol–water partition coefficient (Wildman–Crippen LogP) is 3.21. The zero-order valence-electron chi connectivity index (χ0n) is 15.3. The number of hydrogen-bond acceptors (Lipinski definition) is 7. The van der Waals surface area contributed by atoms with Crippen LogP contribution >= 0.6 is 0 Å². The van der Waals surface area contributed by atoms with Crippen molar-refractivity contribution in [3.05, 3.63) is 98.7 Å². The number of aromatic nitrogens is 2. The molecule has 3 aromatic heterocycles. The molecule has 0 unspecified atom stereocenters. The van der Waals surface area contributed by atoms with Gasteiger partial charge in [0.1, 0.15) is 28.5 Å². The Kier molecular flexibility index (Phi) is 3.92. The first-order valence-corrected chi connectivity index (χ1v) is 9.05. The van der Waals surface area contributed by atoms with E-state index >= 15 is 0 Å². The van der Waals surface area contributed by atoms with Crippen molar-refractivity contribution >= 4 is 21.9 Å². The average molecular weight is 402 g/mol. The van der Waals surface area contributed by atoms with Crippen molar-refractivity contribution in [1.29, 1.82) is 0 Å². The first-order valence-electron chi connectivity index (χ1n) is 9.05. The first kappa shape index (κ1) is 17.7. The molecule has 5 aromatic rings. The number of benzene rings is 2. The molecule has 30 heavy (non-hydrogen) atoms. The number of aromatic hydroxyl groups is 2. The number of aromatic amines is 1. The van der Waals surface area contributed by atoms with Crippen molar-refractivity contribution in [3.63, 3.8) is 0 Å². The van der Waals surface area contributed by atoms with Crippen LogP contribution < -0.4 is 11.3 Å². The number of rotatable bonds is 3. The number of nitrogens with zero attached hydrogens (tertiary/aromatic N) is 1. The quantitative estimate of drug-likeness (QED) is 0.395. The Labute approximate surface area is 167 Å². The van der Waals surface area contributed by atoms with Crippen molar-refractivity contribution in [3.8, 4) is 11.5 Å². The van der Waals surface area contributed by atoms with Gasteiger partial charge in [-0.05, 0) is 24.3 Å². The summed E-state index contributed by atoms with van der Waals surface area (Å²) in [5.74, 6) is -1.82. The van der Waals surface area contributed by atoms with Gasteiger partial charge in [0, 0.05) is 12.4 Å². The van der Waals surface area contributed by atoms with Crippen LogP contribution in [-0.4, -0.2) is 20.2 Å². The SMILES string of the molecule is O=c1oc2ccccc2c(O)c1C(c1ncc[nH]1)c1c(O)c2ccccc2oc1=O. The Morgan fingerprint density at radius 3 is 1.77 bits per heavy atom. The maximum absolute atomic E-state index is 12.9. The lowest BCUT2D eigenvalue weighted by Crippen LogP contribution is -2.22. The van der Waals surface area contributed by atoms with Gasteiger partial charge in [-0.1, -0.05) is 24.3 Å². The molecule has 2 aromatic carbocycles. The van der Waals surface area contributed by atoms with E-state index in [1.54, 1.807) is 48.5 Å². The van der Waals surface area contributed by atoms with Gasteiger partial charge in [0.25, 0.3) is 0 Å². The van der Waals surface area contributed by atoms with Gasteiger partial charge in [0.15, 0.2) is 0 Å². The highest BCUT2D eigenvalue weighted by molar-refractivity contribution is 5.86. The molecule has 0 spiro atoms. The van der Waals surface area contributed by atoms with Crippen LogP contribution in [0.15, 0.2) is 79.3 Å². The highest BCUT2D eigenvalue weighted by Gasteiger charge is 2.33. The Bertz CT molecular complexity index is 1420. The summed E-state index contributed by atoms with van der Waals surface area (Å²) in [6.45, 7) is 0. The van der Waals surface area contributed by atoms with Crippen LogP contribution in [-0.2, 0) is 0 Å². The molecule has 0 aliphatic heterocycles. The summed E-state index contributed by atoms with van der Waals surface area (Å²) in [5, 5.41) is 22.5. The summed E-state index contributed by atoms with van der Waals surface area (Å²) in [6.07, 6.45) is 2.93. The highest BCUT2D eigenvalue weighted by atomic mass is 16.4. The third-order valence-corrected chi connectivity index (χ3v) is 5.01. The molecule has 148 valence electrons. The third-order valence-electron chi connectivity index (χ3n) is 5.01. The van der Waals surface area contributed by atoms with E-state index in [4.69, 9.17) is 8.83 Å². The lowest BCUT2D eigenvalue weighted by molar-refractivity contribution is 0.440. The minimum atomic E-state index is -1.25. The maximum Gasteiger partial charge on any atom is 0.344 e. The van der Waals surface area contributed by atoms with E-state index in [9.17, 15) is 19.8 Å². The van der Waals surface area contributed by atoms with Crippen LogP contribution in [0, 0.1) is 0 Å². The van der Waals surface area contributed by atoms with E-state index in [1.807, 2.05) is 0 Å². The number of H-pyrrole nitrogens is 1. The molecule has 0 radical (unpaired) electrons. The Morgan fingerprint density at radius 1 is 0.800 bits per heavy atom. The Balaban J connectivity index is 1.90. The summed E-state index contributed by atoms with van der Waals surface area (Å²) in [7, 11) is 0. The summed E-state index contributed by atoms with van der Waals surface area (Å²) >= 11 is 0. The smallest absolute Gasteiger partial charge is 0.344 e. The minimum absolute atomic E-state index is 0.158. The molecule has 0 fully saturated rings. The fraction of sp³-hybridized carbons (Fsp3) is 0.0455. The van der Waals surface area contributed by atoms with E-state index in [0.29, 0.717) is 0 Å². The fourth-order valence-corrected chi connectivity index (χ4v) is 3.66. The van der Waals surface area contributed by atoms with Crippen LogP contribution in [0.25, 0.3) is 21.9 Å². The fourth-order valence-electron chi connectivity index (χ4n) is 3.66. The molecular formula is C22H14N2O6. The summed E-state index contributed by atoms with van der Waals surface area (Å²) in [6, 6.07) is 12.9. The van der Waals surface area contributed by atoms with E-state index in [1.165, 1.54) is 12.4 Å². The molecule has 0 aliphatic carbocycles. The van der Waals surface area contributed by atoms with Crippen molar-refractivity contribution in [1.82, 2.24) is 9.97 Å². The van der Waals surface area contributed by atoms with Crippen LogP contribution in [0.4, 0.5) is 0 Å². The molecule has 0 amide bonds. The molecule has 3 heterocycles. The van der Waals surface area contributed by atoms with Crippen molar-refractivity contribution in [2.24, 2.45) is 0 Å². The third kappa shape index (κ3) is 2.58. The van der Waals surface area contributed by atoms with E-state index < -0.39 is 17.2 Å². The van der Waals surface area contributed by atoms with Gasteiger partial charge in [-0.3, -0.25) is 0 Å². The maximum atomic E-state index is 12.9. The molecular weight excluding hydrogens is 388 g/mol. The Morgan fingerprint density at radius 2 is 1.30 bits per heavy atom. The highest BCUT2D eigenvalue weighted by Crippen LogP contribution is 2.40. The summed E-state index contributed by atoms with van der Waals surface area (Å²) in [4.78, 5) is 32.7. The van der Waals surface area contributed by atoms with Gasteiger partial charge in [0.05, 0.1) is 27.8 Å². The molecule has 8 nitrogen and oxygen atoms in total. The van der Waals surface area contributed by atoms with Gasteiger partial charge in [-0.15, -0.1) is 0 Å². The van der Waals surface area contributed by atoms with Gasteiger partial charge in [-0.25, -0.2) is 14.6 Å². The minimum Gasteiger partial charge on any atom is -0.507 e. The second-order valence-corrected chi connectivity index (χ2v) is 6.70. The molecule has 0 saturated heterocycles. The molecule has 0 saturated carbocycles. The topological polar surface area (TPSA) is 130 Å². The molecule has 0 bridgehead atoms. The molecule has 8 heteroatoms. The molecule has 5 rings (SSSR count). The summed E-state index contributed by atoms with van der Waals surface area (Å²) < 4.78 is 10.7. The number of para-hydroxylation sites is 2. The van der Waals surface area contributed by atoms with Crippen LogP contribution in [0.1, 0.15) is 22.9 Å². The second-order valence-electron chi connectivity index (χ2n) is 6.70. The summed E-state index contributed by atoms with van der Waals surface area (Å²) in [5.41, 5.74) is -1.81. The zero-order valence-corrected chi connectivity index (χ0v) is 15.3. The lowest BCUT2D eigenvalue weighted by atomic mass is 9.90. The predicted molar refractivity (Wildman–Crippen MR) is 108 cm³/mol. The van der Waals surface area contributed by atoms with Crippen LogP contribution in [0.3, 0.4) is 0 Å². The molecule has 0 aliphatic rings. The van der Waals surface area contributed by atoms with Crippen molar-refractivity contribution in [2.45, 2.75) is 5.92 Å². The van der Waals surface area contributed by atoms with Gasteiger partial charge >= 0.3 is 11.3 Å². The molecule has 0 atom stereocenters. The number of fused-ring (bicyclic) bond motifs is 2. The van der Waals surface area contributed by atoms with Crippen LogP contribution in [0.2, 0.25) is 0 Å². The lowest BCUT2D eigenvalue weighted by Gasteiger charge is -2.17. The van der Waals surface area contributed by atoms with Crippen LogP contribution in [0.5, 0.6) is 11.5 Å². The number of nitrogens with one attached hydrogen (secondary N) is 1. The molecule has 3 N–H and O–H groups in total. The number of imidazole rings is 1. The van der Waals surface area contributed by atoms with E-state index in [-0.39, 0.29) is 50.4 Å². The normalized spacial score (nSPS) is 11.5. The second kappa shape index (κ2) is 6.63. The standard InChI is InChI=1S/C22H14N2O6/c25-18-11-5-1-3-7-13(11)29-21(27)16(18)15(20-23-9-10-24-20)17-19(26)12-6-2-4-8-14(12)30-22(17)28/h1-10,15,25-26H,(H,23,24). The van der Waals surface area contributed by atoms with Crippen molar-refractivity contribution in [2.75, 3.05) is 0 Å². The monoisotopic (exact) mass is 402 g/mol. The average Bonchev–Trinajstić information content (AvgIpc) is 3.27. The van der Waals surface area contributed by atoms with E-state index in [0.717, 1.165) is 0 Å². The van der Waals surface area contributed by atoms with Gasteiger partial charge in [-0.2, -0.15) is 0 Å². The Hall–Kier alpha value is -4.33. The largest absolute Gasteiger partial charge is 0.507 e. The van der Waals surface area contributed by atoms with Crippen molar-refractivity contribution < 1.29 is 19.0 Å². The first-order chi connectivity index (χ1) is 14.6.